The van der Waals surface area contributed by atoms with Gasteiger partial charge in [0.05, 0.1) is 44.1 Å². The topological polar surface area (TPSA) is 203 Å². The number of pyridine rings is 1. The van der Waals surface area contributed by atoms with Crippen LogP contribution in [0.25, 0.3) is 10.9 Å². The Bertz CT molecular complexity index is 2790. The number of nitrogens with one attached hydrogen (secondary N) is 3. The van der Waals surface area contributed by atoms with Crippen LogP contribution in [0.3, 0.4) is 0 Å². The number of H-pyrrole nitrogens is 1. The van der Waals surface area contributed by atoms with Crippen LogP contribution in [0.2, 0.25) is 0 Å². The molecule has 0 bridgehead atoms. The number of ether oxygens (including phenoxy) is 3. The van der Waals surface area contributed by atoms with E-state index >= 15 is 0 Å². The highest BCUT2D eigenvalue weighted by molar-refractivity contribution is 5.99. The van der Waals surface area contributed by atoms with E-state index < -0.39 is 23.6 Å². The van der Waals surface area contributed by atoms with Gasteiger partial charge in [0.15, 0.2) is 0 Å². The van der Waals surface area contributed by atoms with Crippen LogP contribution in [0.5, 0.6) is 17.2 Å². The Labute approximate surface area is 407 Å². The van der Waals surface area contributed by atoms with E-state index in [0.717, 1.165) is 38.0 Å². The Hall–Kier alpha value is -7.04. The van der Waals surface area contributed by atoms with Gasteiger partial charge in [-0.25, -0.2) is 4.79 Å². The molecule has 3 heterocycles. The number of aliphatic hydroxyl groups is 2. The van der Waals surface area contributed by atoms with E-state index in [0.29, 0.717) is 72.7 Å². The maximum atomic E-state index is 13.9. The number of aromatic hydroxyl groups is 1. The van der Waals surface area contributed by atoms with Gasteiger partial charge in [-0.3, -0.25) is 19.3 Å². The maximum absolute atomic E-state index is 13.9. The molecule has 2 saturated heterocycles. The van der Waals surface area contributed by atoms with E-state index in [1.54, 1.807) is 83.8 Å². The van der Waals surface area contributed by atoms with Gasteiger partial charge in [0.2, 0.25) is 17.1 Å². The summed E-state index contributed by atoms with van der Waals surface area (Å²) in [4.78, 5) is 59.0. The summed E-state index contributed by atoms with van der Waals surface area (Å²) in [6.07, 6.45) is 2.24. The Balaban J connectivity index is 0.781. The molecule has 15 heteroatoms. The molecule has 2 fully saturated rings. The van der Waals surface area contributed by atoms with Gasteiger partial charge in [-0.1, -0.05) is 84.9 Å². The van der Waals surface area contributed by atoms with Gasteiger partial charge in [-0.2, -0.15) is 0 Å². The number of phenols is 1. The van der Waals surface area contributed by atoms with Crippen LogP contribution in [0, 0.1) is 11.8 Å². The quantitative estimate of drug-likeness (QED) is 0.0534. The first kappa shape index (κ1) is 49.4. The average molecular weight is 952 g/mol. The number of aliphatic hydroxyl groups excluding tert-OH is 1. The largest absolute Gasteiger partial charge is 0.506 e. The second-order valence-corrected chi connectivity index (χ2v) is 18.2. The molecule has 2 aliphatic rings. The van der Waals surface area contributed by atoms with Crippen molar-refractivity contribution in [1.29, 1.82) is 0 Å². The molecule has 70 heavy (non-hydrogen) atoms. The zero-order chi connectivity index (χ0) is 49.0. The van der Waals surface area contributed by atoms with Crippen molar-refractivity contribution in [3.63, 3.8) is 0 Å². The summed E-state index contributed by atoms with van der Waals surface area (Å²) in [5, 5.41) is 39.8. The molecule has 2 atom stereocenters. The molecule has 15 nitrogen and oxygen atoms in total. The first-order chi connectivity index (χ1) is 34.0. The van der Waals surface area contributed by atoms with Gasteiger partial charge < -0.3 is 50.0 Å². The number of carbonyl (C=O) groups is 3. The van der Waals surface area contributed by atoms with E-state index in [9.17, 15) is 34.5 Å². The van der Waals surface area contributed by atoms with Crippen LogP contribution in [-0.2, 0) is 33.0 Å². The molecule has 0 spiro atoms. The maximum Gasteiger partial charge on any atom is 0.347 e. The van der Waals surface area contributed by atoms with Gasteiger partial charge >= 0.3 is 5.97 Å². The second kappa shape index (κ2) is 23.0. The summed E-state index contributed by atoms with van der Waals surface area (Å²) in [6.45, 7) is 4.64. The number of nitrogens with zero attached hydrogens (tertiary/aromatic N) is 2. The number of hydrogen-bond donors (Lipinski definition) is 6. The van der Waals surface area contributed by atoms with Crippen LogP contribution in [-0.4, -0.2) is 107 Å². The molecule has 2 aliphatic heterocycles. The highest BCUT2D eigenvalue weighted by Crippen LogP contribution is 2.35. The van der Waals surface area contributed by atoms with Crippen molar-refractivity contribution < 1.29 is 43.9 Å². The van der Waals surface area contributed by atoms with E-state index in [4.69, 9.17) is 14.2 Å². The number of phenolic OH excluding ortho intramolecular Hbond substituents is 1. The van der Waals surface area contributed by atoms with Crippen LogP contribution in [0.1, 0.15) is 70.0 Å². The Morgan fingerprint density at radius 2 is 1.49 bits per heavy atom. The first-order valence-corrected chi connectivity index (χ1v) is 23.9. The van der Waals surface area contributed by atoms with Crippen molar-refractivity contribution >= 4 is 28.7 Å². The summed E-state index contributed by atoms with van der Waals surface area (Å²) in [5.74, 6) is -0.287. The number of piperidine rings is 2. The summed E-state index contributed by atoms with van der Waals surface area (Å²) < 4.78 is 17.7. The fourth-order valence-corrected chi connectivity index (χ4v) is 9.32. The van der Waals surface area contributed by atoms with Gasteiger partial charge in [-0.15, -0.1) is 0 Å². The van der Waals surface area contributed by atoms with E-state index in [-0.39, 0.29) is 59.8 Å². The van der Waals surface area contributed by atoms with Crippen molar-refractivity contribution in [2.24, 2.45) is 11.8 Å². The fraction of sp³-hybridized carbons (Fsp3) is 0.345. The van der Waals surface area contributed by atoms with Crippen LogP contribution in [0.4, 0.5) is 0 Å². The van der Waals surface area contributed by atoms with Crippen LogP contribution >= 0.6 is 0 Å². The molecular weight excluding hydrogens is 891 g/mol. The molecule has 6 N–H and O–H groups in total. The SMILES string of the molecule is COc1cc(CNC[C@H](O)c2ccc(O)c3[nH]c(=O)ccc23)ccc1C(=O)NCC(=O)N1CCC(COc2cccc([C@](O)(C(=O)OCC3CCN(Cc4ccccc4)CC3)c3ccccc3)c2)CC1. The highest BCUT2D eigenvalue weighted by Gasteiger charge is 2.42. The number of fused-ring (bicyclic) bond motifs is 1. The molecule has 0 radical (unpaired) electrons. The van der Waals surface area contributed by atoms with Crippen molar-refractivity contribution in [2.45, 2.75) is 50.5 Å². The predicted octanol–water partition coefficient (Wildman–Crippen LogP) is 5.80. The first-order valence-electron chi connectivity index (χ1n) is 23.9. The summed E-state index contributed by atoms with van der Waals surface area (Å²) in [6, 6.07) is 37.2. The molecule has 0 saturated carbocycles. The second-order valence-electron chi connectivity index (χ2n) is 18.2. The van der Waals surface area contributed by atoms with Crippen LogP contribution in [0.15, 0.2) is 132 Å². The lowest BCUT2D eigenvalue weighted by Crippen LogP contribution is -2.44. The normalized spacial score (nSPS) is 16.0. The smallest absolute Gasteiger partial charge is 0.347 e. The van der Waals surface area contributed by atoms with E-state index in [2.05, 4.69) is 44.8 Å². The Morgan fingerprint density at radius 1 is 0.786 bits per heavy atom. The zero-order valence-electron chi connectivity index (χ0n) is 39.3. The number of esters is 1. The monoisotopic (exact) mass is 951 g/mol. The average Bonchev–Trinajstić information content (AvgIpc) is 3.39. The van der Waals surface area contributed by atoms with Crippen molar-refractivity contribution in [1.82, 2.24) is 25.4 Å². The molecule has 1 aromatic heterocycles. The third-order valence-electron chi connectivity index (χ3n) is 13.4. The van der Waals surface area contributed by atoms with Gasteiger partial charge in [0.1, 0.15) is 17.2 Å². The number of rotatable bonds is 19. The molecule has 366 valence electrons. The predicted molar refractivity (Wildman–Crippen MR) is 264 cm³/mol. The number of benzene rings is 5. The van der Waals surface area contributed by atoms with Gasteiger partial charge in [0.25, 0.3) is 5.91 Å². The summed E-state index contributed by atoms with van der Waals surface area (Å²) in [5.41, 5.74) is 1.48. The Kier molecular flexibility index (Phi) is 16.3. The van der Waals surface area contributed by atoms with Crippen LogP contribution < -0.4 is 25.7 Å². The minimum atomic E-state index is -2.05. The van der Waals surface area contributed by atoms with E-state index in [1.807, 2.05) is 12.1 Å². The van der Waals surface area contributed by atoms with Crippen molar-refractivity contribution in [3.8, 4) is 17.2 Å². The minimum Gasteiger partial charge on any atom is -0.506 e. The minimum absolute atomic E-state index is 0.0878. The summed E-state index contributed by atoms with van der Waals surface area (Å²) >= 11 is 0. The summed E-state index contributed by atoms with van der Waals surface area (Å²) in [7, 11) is 1.46. The molecule has 0 unspecified atom stereocenters. The molecule has 5 aromatic carbocycles. The Morgan fingerprint density at radius 3 is 2.23 bits per heavy atom. The fourth-order valence-electron chi connectivity index (χ4n) is 9.32. The highest BCUT2D eigenvalue weighted by atomic mass is 16.6. The van der Waals surface area contributed by atoms with Gasteiger partial charge in [-0.05, 0) is 109 Å². The number of aromatic amines is 1. The third-order valence-corrected chi connectivity index (χ3v) is 13.4. The molecule has 0 aliphatic carbocycles. The number of carbonyl (C=O) groups excluding carboxylic acids is 3. The molecule has 8 rings (SSSR count). The van der Waals surface area contributed by atoms with Crippen molar-refractivity contribution in [2.75, 3.05) is 59.6 Å². The van der Waals surface area contributed by atoms with Gasteiger partial charge in [0, 0.05) is 49.7 Å². The zero-order valence-corrected chi connectivity index (χ0v) is 39.3. The number of likely N-dealkylation sites (tertiary alicyclic amines) is 2. The molecular formula is C55H61N5O10. The standard InChI is InChI=1S/C55H61N5O10/c1-68-49-29-40(31-56-32-48(62)44-17-19-47(61)52-45(44)18-20-50(63)58-52)15-16-46(49)53(65)57-33-51(64)60-27-23-39(24-28-60)35-69-43-14-8-13-42(30-43)55(67,41-11-6-3-7-12-41)54(66)70-36-38-21-25-59(26-22-38)34-37-9-4-2-5-10-37/h2-20,29-30,38-39,48,56,61-62,67H,21-28,31-36H2,1H3,(H,57,65)(H,58,63)/t48-,55-/m0/s1. The molecule has 2 amide bonds. The lowest BCUT2D eigenvalue weighted by molar-refractivity contribution is -0.164. The van der Waals surface area contributed by atoms with E-state index in [1.165, 1.54) is 24.8 Å². The number of aromatic nitrogens is 1. The molecule has 6 aromatic rings. The third kappa shape index (κ3) is 12.0. The number of hydrogen-bond acceptors (Lipinski definition) is 12. The lowest BCUT2D eigenvalue weighted by Gasteiger charge is -2.33. The lowest BCUT2D eigenvalue weighted by atomic mass is 9.86. The van der Waals surface area contributed by atoms with Crippen molar-refractivity contribution in [3.05, 3.63) is 171 Å². The number of amides is 2. The number of methoxy groups -OCH3 is 1.